The Morgan fingerprint density at radius 1 is 1.17 bits per heavy atom. The third-order valence-corrected chi connectivity index (χ3v) is 8.67. The van der Waals surface area contributed by atoms with E-state index in [2.05, 4.69) is 6.92 Å². The molecule has 0 saturated heterocycles. The number of aliphatic hydroxyl groups is 1. The van der Waals surface area contributed by atoms with E-state index in [0.717, 1.165) is 18.4 Å². The van der Waals surface area contributed by atoms with Gasteiger partial charge in [-0.3, -0.25) is 19.2 Å². The Hall–Kier alpha value is -1.82. The Morgan fingerprint density at radius 2 is 1.90 bits per heavy atom. The van der Waals surface area contributed by atoms with Crippen molar-refractivity contribution in [3.8, 4) is 0 Å². The maximum Gasteiger partial charge on any atom is 0.303 e. The second kappa shape index (κ2) is 6.59. The van der Waals surface area contributed by atoms with Gasteiger partial charge >= 0.3 is 5.97 Å². The molecule has 4 aliphatic carbocycles. The molecule has 3 saturated carbocycles. The van der Waals surface area contributed by atoms with Crippen molar-refractivity contribution in [3.05, 3.63) is 11.6 Å². The number of allylic oxidation sites excluding steroid dienone is 1. The molecule has 0 bridgehead atoms. The minimum Gasteiger partial charge on any atom is -0.458 e. The summed E-state index contributed by atoms with van der Waals surface area (Å²) in [6, 6.07) is 0. The summed E-state index contributed by atoms with van der Waals surface area (Å²) in [6.07, 6.45) is 5.66. The van der Waals surface area contributed by atoms with Crippen molar-refractivity contribution in [2.45, 2.75) is 71.3 Å². The lowest BCUT2D eigenvalue weighted by molar-refractivity contribution is -0.173. The Labute approximate surface area is 171 Å². The highest BCUT2D eigenvalue weighted by atomic mass is 16.5. The number of fused-ring (bicyclic) bond motifs is 5. The van der Waals surface area contributed by atoms with Crippen LogP contribution < -0.4 is 0 Å². The molecule has 3 unspecified atom stereocenters. The molecule has 6 nitrogen and oxygen atoms in total. The molecule has 0 radical (unpaired) electrons. The molecule has 4 rings (SSSR count). The number of hydrogen-bond acceptors (Lipinski definition) is 6. The van der Waals surface area contributed by atoms with Gasteiger partial charge in [0.25, 0.3) is 0 Å². The van der Waals surface area contributed by atoms with Gasteiger partial charge < -0.3 is 9.84 Å². The molecule has 4 aliphatic rings. The van der Waals surface area contributed by atoms with Crippen molar-refractivity contribution < 1.29 is 29.0 Å². The molecule has 0 aliphatic heterocycles. The first kappa shape index (κ1) is 20.5. The predicted molar refractivity (Wildman–Crippen MR) is 104 cm³/mol. The fourth-order valence-electron chi connectivity index (χ4n) is 7.13. The minimum absolute atomic E-state index is 0.0625. The average molecular weight is 402 g/mol. The lowest BCUT2D eigenvalue weighted by atomic mass is 9.46. The highest BCUT2D eigenvalue weighted by molar-refractivity contribution is 5.95. The first-order valence-electron chi connectivity index (χ1n) is 10.7. The molecule has 0 heterocycles. The van der Waals surface area contributed by atoms with Crippen LogP contribution in [0, 0.1) is 28.6 Å². The molecule has 29 heavy (non-hydrogen) atoms. The smallest absolute Gasteiger partial charge is 0.303 e. The maximum absolute atomic E-state index is 13.5. The Kier molecular flexibility index (Phi) is 4.65. The summed E-state index contributed by atoms with van der Waals surface area (Å²) < 4.78 is 4.86. The van der Waals surface area contributed by atoms with Crippen LogP contribution in [0.15, 0.2) is 11.6 Å². The molecule has 6 heteroatoms. The zero-order chi connectivity index (χ0) is 21.2. The first-order chi connectivity index (χ1) is 13.5. The minimum atomic E-state index is -1.65. The molecular formula is C23H30O6. The van der Waals surface area contributed by atoms with Crippen LogP contribution in [0.4, 0.5) is 0 Å². The third kappa shape index (κ3) is 2.78. The molecule has 158 valence electrons. The SMILES string of the molecule is CC(=O)OCC(=O)[C@@]1(O)CCC2C3CCC4=CC(=O)CC[C@]4(C)C3C(=O)C[C@@]21C. The van der Waals surface area contributed by atoms with Crippen molar-refractivity contribution in [2.24, 2.45) is 28.6 Å². The number of hydrogen-bond donors (Lipinski definition) is 1. The van der Waals surface area contributed by atoms with Gasteiger partial charge in [-0.2, -0.15) is 0 Å². The van der Waals surface area contributed by atoms with E-state index in [-0.39, 0.29) is 41.2 Å². The van der Waals surface area contributed by atoms with Gasteiger partial charge in [-0.1, -0.05) is 19.4 Å². The van der Waals surface area contributed by atoms with Gasteiger partial charge in [0.2, 0.25) is 5.78 Å². The summed E-state index contributed by atoms with van der Waals surface area (Å²) in [6.45, 7) is 4.76. The molecule has 0 aromatic heterocycles. The molecule has 0 amide bonds. The van der Waals surface area contributed by atoms with Crippen LogP contribution in [0.1, 0.15) is 65.7 Å². The molecule has 3 fully saturated rings. The summed E-state index contributed by atoms with van der Waals surface area (Å²) >= 11 is 0. The maximum atomic E-state index is 13.5. The van der Waals surface area contributed by atoms with E-state index >= 15 is 0 Å². The van der Waals surface area contributed by atoms with Gasteiger partial charge in [-0.05, 0) is 55.4 Å². The molecule has 1 N–H and O–H groups in total. The highest BCUT2D eigenvalue weighted by Crippen LogP contribution is 2.66. The van der Waals surface area contributed by atoms with E-state index in [1.165, 1.54) is 6.92 Å². The Balaban J connectivity index is 1.66. The van der Waals surface area contributed by atoms with Gasteiger partial charge in [0.05, 0.1) is 0 Å². The molecule has 6 atom stereocenters. The van der Waals surface area contributed by atoms with Crippen LogP contribution in [0.25, 0.3) is 0 Å². The van der Waals surface area contributed by atoms with E-state index in [1.807, 2.05) is 6.92 Å². The third-order valence-electron chi connectivity index (χ3n) is 8.67. The van der Waals surface area contributed by atoms with E-state index in [0.29, 0.717) is 25.7 Å². The molecule has 0 spiro atoms. The summed E-state index contributed by atoms with van der Waals surface area (Å²) in [5, 5.41) is 11.4. The van der Waals surface area contributed by atoms with Crippen molar-refractivity contribution in [1.29, 1.82) is 0 Å². The number of ether oxygens (including phenoxy) is 1. The van der Waals surface area contributed by atoms with Gasteiger partial charge in [0.1, 0.15) is 11.4 Å². The fourth-order valence-corrected chi connectivity index (χ4v) is 7.13. The summed E-state index contributed by atoms with van der Waals surface area (Å²) in [7, 11) is 0. The average Bonchev–Trinajstić information content (AvgIpc) is 2.91. The fraction of sp³-hybridized carbons (Fsp3) is 0.739. The normalized spacial score (nSPS) is 43.7. The summed E-state index contributed by atoms with van der Waals surface area (Å²) in [4.78, 5) is 49.4. The van der Waals surface area contributed by atoms with Crippen LogP contribution >= 0.6 is 0 Å². The van der Waals surface area contributed by atoms with Crippen molar-refractivity contribution in [1.82, 2.24) is 0 Å². The Bertz CT molecular complexity index is 827. The molecular weight excluding hydrogens is 372 g/mol. The lowest BCUT2D eigenvalue weighted by Gasteiger charge is -2.57. The van der Waals surface area contributed by atoms with Gasteiger partial charge in [-0.25, -0.2) is 0 Å². The van der Waals surface area contributed by atoms with Crippen LogP contribution in [-0.2, 0) is 23.9 Å². The summed E-state index contributed by atoms with van der Waals surface area (Å²) in [5.41, 5.74) is -1.68. The number of ketones is 3. The standard InChI is InChI=1S/C23H30O6/c1-13(24)29-12-19(27)23(28)9-7-17-16-5-4-14-10-15(25)6-8-21(14,2)20(16)18(26)11-22(17,23)3/h10,16-17,20,28H,4-9,11-12H2,1-3H3/t16?,17?,20?,21-,22-,23-/m0/s1. The first-order valence-corrected chi connectivity index (χ1v) is 10.7. The second-order valence-corrected chi connectivity index (χ2v) is 10.0. The van der Waals surface area contributed by atoms with Crippen LogP contribution in [0.5, 0.6) is 0 Å². The molecule has 0 aromatic rings. The zero-order valence-electron chi connectivity index (χ0n) is 17.5. The number of esters is 1. The number of carbonyl (C=O) groups is 4. The van der Waals surface area contributed by atoms with Crippen molar-refractivity contribution in [2.75, 3.05) is 6.61 Å². The van der Waals surface area contributed by atoms with Gasteiger partial charge in [0, 0.05) is 31.1 Å². The Morgan fingerprint density at radius 3 is 2.59 bits per heavy atom. The number of carbonyl (C=O) groups excluding carboxylic acids is 4. The van der Waals surface area contributed by atoms with Crippen LogP contribution in [0.2, 0.25) is 0 Å². The largest absolute Gasteiger partial charge is 0.458 e. The zero-order valence-corrected chi connectivity index (χ0v) is 17.5. The van der Waals surface area contributed by atoms with Gasteiger partial charge in [0.15, 0.2) is 12.4 Å². The van der Waals surface area contributed by atoms with Gasteiger partial charge in [-0.15, -0.1) is 0 Å². The van der Waals surface area contributed by atoms with E-state index in [9.17, 15) is 24.3 Å². The van der Waals surface area contributed by atoms with Crippen LogP contribution in [0.3, 0.4) is 0 Å². The van der Waals surface area contributed by atoms with Crippen LogP contribution in [-0.4, -0.2) is 40.6 Å². The van der Waals surface area contributed by atoms with Crippen molar-refractivity contribution in [3.63, 3.8) is 0 Å². The number of Topliss-reactive ketones (excluding diaryl/α,β-unsaturated/α-hetero) is 2. The summed E-state index contributed by atoms with van der Waals surface area (Å²) in [5.74, 6) is -0.811. The van der Waals surface area contributed by atoms with Crippen molar-refractivity contribution >= 4 is 23.3 Å². The van der Waals surface area contributed by atoms with E-state index in [1.54, 1.807) is 6.08 Å². The number of rotatable bonds is 3. The van der Waals surface area contributed by atoms with E-state index < -0.39 is 29.4 Å². The second-order valence-electron chi connectivity index (χ2n) is 10.0. The molecule has 0 aromatic carbocycles. The quantitative estimate of drug-likeness (QED) is 0.729. The lowest BCUT2D eigenvalue weighted by Crippen LogP contribution is -2.61. The van der Waals surface area contributed by atoms with E-state index in [4.69, 9.17) is 4.74 Å². The predicted octanol–water partition coefficient (Wildman–Crippen LogP) is 2.56. The highest BCUT2D eigenvalue weighted by Gasteiger charge is 2.68. The monoisotopic (exact) mass is 402 g/mol. The topological polar surface area (TPSA) is 97.7 Å².